The van der Waals surface area contributed by atoms with Crippen LogP contribution in [0.25, 0.3) is 0 Å². The molecule has 0 aromatic heterocycles. The van der Waals surface area contributed by atoms with E-state index >= 15 is 0 Å². The molecule has 0 amide bonds. The van der Waals surface area contributed by atoms with Gasteiger partial charge in [-0.15, -0.1) is 0 Å². The number of hydrogen-bond donors (Lipinski definition) is 1. The highest BCUT2D eigenvalue weighted by Crippen LogP contribution is 2.15. The Morgan fingerprint density at radius 2 is 1.79 bits per heavy atom. The molecular formula is C24H33N3O2. The SMILES string of the molecule is CCNC(=NCc1cccc(COc2ccccc2)c1)N1CCC(OCC)CC1. The molecule has 2 aromatic rings. The summed E-state index contributed by atoms with van der Waals surface area (Å²) >= 11 is 0. The van der Waals surface area contributed by atoms with E-state index < -0.39 is 0 Å². The summed E-state index contributed by atoms with van der Waals surface area (Å²) in [7, 11) is 0. The van der Waals surface area contributed by atoms with Crippen molar-refractivity contribution in [3.8, 4) is 5.75 Å². The van der Waals surface area contributed by atoms with Crippen LogP contribution in [0, 0.1) is 0 Å². The molecule has 0 saturated carbocycles. The van der Waals surface area contributed by atoms with Gasteiger partial charge in [0.1, 0.15) is 12.4 Å². The van der Waals surface area contributed by atoms with E-state index in [1.54, 1.807) is 0 Å². The highest BCUT2D eigenvalue weighted by molar-refractivity contribution is 5.80. The van der Waals surface area contributed by atoms with Crippen molar-refractivity contribution in [2.45, 2.75) is 45.9 Å². The largest absolute Gasteiger partial charge is 0.489 e. The Morgan fingerprint density at radius 3 is 2.52 bits per heavy atom. The zero-order valence-electron chi connectivity index (χ0n) is 17.6. The third kappa shape index (κ3) is 6.79. The lowest BCUT2D eigenvalue weighted by Crippen LogP contribution is -2.47. The maximum absolute atomic E-state index is 5.87. The van der Waals surface area contributed by atoms with Crippen LogP contribution >= 0.6 is 0 Å². The van der Waals surface area contributed by atoms with Gasteiger partial charge in [-0.05, 0) is 49.9 Å². The first kappa shape index (κ1) is 21.2. The van der Waals surface area contributed by atoms with Gasteiger partial charge in [-0.3, -0.25) is 0 Å². The van der Waals surface area contributed by atoms with E-state index in [4.69, 9.17) is 14.5 Å². The van der Waals surface area contributed by atoms with Gasteiger partial charge >= 0.3 is 0 Å². The molecule has 0 spiro atoms. The monoisotopic (exact) mass is 395 g/mol. The fourth-order valence-electron chi connectivity index (χ4n) is 3.56. The van der Waals surface area contributed by atoms with Crippen molar-refractivity contribution in [1.29, 1.82) is 0 Å². The van der Waals surface area contributed by atoms with E-state index in [0.717, 1.165) is 56.4 Å². The number of ether oxygens (including phenoxy) is 2. The van der Waals surface area contributed by atoms with Gasteiger partial charge in [-0.25, -0.2) is 4.99 Å². The molecule has 0 bridgehead atoms. The molecule has 5 nitrogen and oxygen atoms in total. The Morgan fingerprint density at radius 1 is 1.03 bits per heavy atom. The molecule has 1 heterocycles. The molecule has 0 atom stereocenters. The van der Waals surface area contributed by atoms with Crippen LogP contribution in [0.1, 0.15) is 37.8 Å². The highest BCUT2D eigenvalue weighted by atomic mass is 16.5. The van der Waals surface area contributed by atoms with Crippen molar-refractivity contribution in [3.05, 3.63) is 65.7 Å². The van der Waals surface area contributed by atoms with Crippen molar-refractivity contribution in [2.24, 2.45) is 4.99 Å². The van der Waals surface area contributed by atoms with Gasteiger partial charge in [0.25, 0.3) is 0 Å². The summed E-state index contributed by atoms with van der Waals surface area (Å²) < 4.78 is 11.6. The smallest absolute Gasteiger partial charge is 0.194 e. The second kappa shape index (κ2) is 11.5. The van der Waals surface area contributed by atoms with Crippen LogP contribution in [0.2, 0.25) is 0 Å². The lowest BCUT2D eigenvalue weighted by atomic mass is 10.1. The summed E-state index contributed by atoms with van der Waals surface area (Å²) in [5.41, 5.74) is 2.35. The molecule has 1 aliphatic rings. The van der Waals surface area contributed by atoms with E-state index in [1.165, 1.54) is 5.56 Å². The molecule has 3 rings (SSSR count). The molecule has 0 radical (unpaired) electrons. The van der Waals surface area contributed by atoms with Crippen LogP contribution in [0.4, 0.5) is 0 Å². The maximum atomic E-state index is 5.87. The Bertz CT molecular complexity index is 756. The van der Waals surface area contributed by atoms with Crippen LogP contribution in [0.5, 0.6) is 5.75 Å². The van der Waals surface area contributed by atoms with Gasteiger partial charge in [0.05, 0.1) is 12.6 Å². The van der Waals surface area contributed by atoms with Crippen molar-refractivity contribution < 1.29 is 9.47 Å². The minimum Gasteiger partial charge on any atom is -0.489 e. The Hall–Kier alpha value is -2.53. The Kier molecular flexibility index (Phi) is 8.38. The van der Waals surface area contributed by atoms with Gasteiger partial charge in [0, 0.05) is 26.2 Å². The number of para-hydroxylation sites is 1. The van der Waals surface area contributed by atoms with Gasteiger partial charge in [0.15, 0.2) is 5.96 Å². The van der Waals surface area contributed by atoms with E-state index in [0.29, 0.717) is 19.3 Å². The number of nitrogens with zero attached hydrogens (tertiary/aromatic N) is 2. The molecule has 1 fully saturated rings. The number of aliphatic imine (C=N–C) groups is 1. The fraction of sp³-hybridized carbons (Fsp3) is 0.458. The minimum absolute atomic E-state index is 0.389. The molecule has 156 valence electrons. The third-order valence-corrected chi connectivity index (χ3v) is 5.03. The summed E-state index contributed by atoms with van der Waals surface area (Å²) in [5, 5.41) is 3.44. The van der Waals surface area contributed by atoms with Crippen molar-refractivity contribution >= 4 is 5.96 Å². The van der Waals surface area contributed by atoms with Gasteiger partial charge in [0.2, 0.25) is 0 Å². The molecule has 0 unspecified atom stereocenters. The van der Waals surface area contributed by atoms with E-state index in [1.807, 2.05) is 30.3 Å². The Labute approximate surface area is 174 Å². The zero-order valence-corrected chi connectivity index (χ0v) is 17.6. The van der Waals surface area contributed by atoms with E-state index in [-0.39, 0.29) is 0 Å². The van der Waals surface area contributed by atoms with Gasteiger partial charge in [-0.2, -0.15) is 0 Å². The molecule has 2 aromatic carbocycles. The average molecular weight is 396 g/mol. The van der Waals surface area contributed by atoms with Gasteiger partial charge in [-0.1, -0.05) is 42.5 Å². The molecular weight excluding hydrogens is 362 g/mol. The second-order valence-corrected chi connectivity index (χ2v) is 7.23. The first-order valence-electron chi connectivity index (χ1n) is 10.7. The van der Waals surface area contributed by atoms with Crippen LogP contribution in [0.3, 0.4) is 0 Å². The standard InChI is InChI=1S/C24H33N3O2/c1-3-25-24(27-15-13-23(14-16-27)28-4-2)26-18-20-9-8-10-21(17-20)19-29-22-11-6-5-7-12-22/h5-12,17,23H,3-4,13-16,18-19H2,1-2H3,(H,25,26). The molecule has 0 aliphatic carbocycles. The normalized spacial score (nSPS) is 15.4. The summed E-state index contributed by atoms with van der Waals surface area (Å²) in [6, 6.07) is 18.4. The predicted octanol–water partition coefficient (Wildman–Crippen LogP) is 4.23. The van der Waals surface area contributed by atoms with Crippen LogP contribution in [-0.2, 0) is 17.9 Å². The van der Waals surface area contributed by atoms with E-state index in [2.05, 4.69) is 48.3 Å². The first-order valence-corrected chi connectivity index (χ1v) is 10.7. The quantitative estimate of drug-likeness (QED) is 0.537. The average Bonchev–Trinajstić information content (AvgIpc) is 2.77. The van der Waals surface area contributed by atoms with Crippen LogP contribution < -0.4 is 10.1 Å². The summed E-state index contributed by atoms with van der Waals surface area (Å²) in [4.78, 5) is 7.24. The molecule has 1 saturated heterocycles. The number of piperidine rings is 1. The van der Waals surface area contributed by atoms with Crippen molar-refractivity contribution in [1.82, 2.24) is 10.2 Å². The molecule has 1 aliphatic heterocycles. The third-order valence-electron chi connectivity index (χ3n) is 5.03. The number of benzene rings is 2. The summed E-state index contributed by atoms with van der Waals surface area (Å²) in [6.07, 6.45) is 2.51. The maximum Gasteiger partial charge on any atom is 0.194 e. The van der Waals surface area contributed by atoms with E-state index in [9.17, 15) is 0 Å². The van der Waals surface area contributed by atoms with Crippen LogP contribution in [0.15, 0.2) is 59.6 Å². The summed E-state index contributed by atoms with van der Waals surface area (Å²) in [5.74, 6) is 1.88. The van der Waals surface area contributed by atoms with Crippen LogP contribution in [-0.4, -0.2) is 43.2 Å². The topological polar surface area (TPSA) is 46.1 Å². The molecule has 1 N–H and O–H groups in total. The molecule has 29 heavy (non-hydrogen) atoms. The lowest BCUT2D eigenvalue weighted by molar-refractivity contribution is 0.0263. The number of guanidine groups is 1. The Balaban J connectivity index is 1.57. The lowest BCUT2D eigenvalue weighted by Gasteiger charge is -2.34. The fourth-order valence-corrected chi connectivity index (χ4v) is 3.56. The van der Waals surface area contributed by atoms with Crippen molar-refractivity contribution in [3.63, 3.8) is 0 Å². The number of likely N-dealkylation sites (tertiary alicyclic amines) is 1. The van der Waals surface area contributed by atoms with Gasteiger partial charge < -0.3 is 19.7 Å². The molecule has 5 heteroatoms. The number of rotatable bonds is 8. The first-order chi connectivity index (χ1) is 14.3. The van der Waals surface area contributed by atoms with Crippen molar-refractivity contribution in [2.75, 3.05) is 26.2 Å². The zero-order chi connectivity index (χ0) is 20.3. The second-order valence-electron chi connectivity index (χ2n) is 7.23. The highest BCUT2D eigenvalue weighted by Gasteiger charge is 2.21. The minimum atomic E-state index is 0.389. The predicted molar refractivity (Wildman–Crippen MR) is 118 cm³/mol. The number of nitrogens with one attached hydrogen (secondary N) is 1. The number of hydrogen-bond acceptors (Lipinski definition) is 3. The summed E-state index contributed by atoms with van der Waals surface area (Å²) in [6.45, 7) is 9.04.